The van der Waals surface area contributed by atoms with Crippen molar-refractivity contribution in [3.63, 3.8) is 0 Å². The lowest BCUT2D eigenvalue weighted by atomic mass is 10.1. The summed E-state index contributed by atoms with van der Waals surface area (Å²) in [4.78, 5) is 6.85. The van der Waals surface area contributed by atoms with Crippen LogP contribution in [0.25, 0.3) is 0 Å². The molecule has 21 heavy (non-hydrogen) atoms. The van der Waals surface area contributed by atoms with Crippen molar-refractivity contribution in [1.82, 2.24) is 4.98 Å². The Balaban J connectivity index is 2.52. The third kappa shape index (κ3) is 3.31. The lowest BCUT2D eigenvalue weighted by Crippen LogP contribution is -2.16. The summed E-state index contributed by atoms with van der Waals surface area (Å²) in [6.07, 6.45) is 0. The molecule has 0 unspecified atom stereocenters. The SMILES string of the molecule is Cc1cc(Nc2ccccc2N(C)C)c(C(N)=S)c(C)n1. The van der Waals surface area contributed by atoms with E-state index in [4.69, 9.17) is 18.0 Å². The summed E-state index contributed by atoms with van der Waals surface area (Å²) >= 11 is 5.17. The summed E-state index contributed by atoms with van der Waals surface area (Å²) < 4.78 is 0. The monoisotopic (exact) mass is 300 g/mol. The number of aryl methyl sites for hydroxylation is 2. The van der Waals surface area contributed by atoms with Crippen molar-refractivity contribution in [1.29, 1.82) is 0 Å². The van der Waals surface area contributed by atoms with Crippen molar-refractivity contribution in [2.45, 2.75) is 13.8 Å². The topological polar surface area (TPSA) is 54.2 Å². The number of para-hydroxylation sites is 2. The first-order valence-electron chi connectivity index (χ1n) is 6.71. The number of rotatable bonds is 4. The van der Waals surface area contributed by atoms with Gasteiger partial charge in [0.25, 0.3) is 0 Å². The van der Waals surface area contributed by atoms with E-state index in [0.29, 0.717) is 4.99 Å². The maximum atomic E-state index is 5.86. The number of nitrogens with zero attached hydrogens (tertiary/aromatic N) is 2. The predicted molar refractivity (Wildman–Crippen MR) is 93.7 cm³/mol. The minimum Gasteiger partial charge on any atom is -0.389 e. The minimum absolute atomic E-state index is 0.352. The van der Waals surface area contributed by atoms with E-state index in [1.165, 1.54) is 0 Å². The second-order valence-corrected chi connectivity index (χ2v) is 5.61. The van der Waals surface area contributed by atoms with Crippen LogP contribution in [0.5, 0.6) is 0 Å². The molecule has 4 nitrogen and oxygen atoms in total. The van der Waals surface area contributed by atoms with Crippen molar-refractivity contribution < 1.29 is 0 Å². The van der Waals surface area contributed by atoms with E-state index < -0.39 is 0 Å². The van der Waals surface area contributed by atoms with Gasteiger partial charge in [0.05, 0.1) is 22.6 Å². The molecule has 0 atom stereocenters. The molecule has 0 amide bonds. The minimum atomic E-state index is 0.352. The summed E-state index contributed by atoms with van der Waals surface area (Å²) in [5.41, 5.74) is 11.4. The van der Waals surface area contributed by atoms with Crippen LogP contribution < -0.4 is 16.0 Å². The summed E-state index contributed by atoms with van der Waals surface area (Å²) in [6, 6.07) is 10.1. The van der Waals surface area contributed by atoms with Gasteiger partial charge in [0, 0.05) is 25.5 Å². The standard InChI is InChI=1S/C16H20N4S/c1-10-9-13(15(16(17)21)11(2)18-10)19-12-7-5-6-8-14(12)20(3)4/h5-9H,1-4H3,(H2,17,21)(H,18,19). The number of pyridine rings is 1. The zero-order valence-corrected chi connectivity index (χ0v) is 13.6. The van der Waals surface area contributed by atoms with Gasteiger partial charge in [-0.1, -0.05) is 24.4 Å². The average Bonchev–Trinajstić information content (AvgIpc) is 2.37. The number of thiocarbonyl (C=S) groups is 1. The lowest BCUT2D eigenvalue weighted by molar-refractivity contribution is 1.11. The molecule has 0 bridgehead atoms. The first-order valence-corrected chi connectivity index (χ1v) is 7.12. The quantitative estimate of drug-likeness (QED) is 0.850. The number of hydrogen-bond acceptors (Lipinski definition) is 4. The number of nitrogens with one attached hydrogen (secondary N) is 1. The molecule has 0 aliphatic rings. The van der Waals surface area contributed by atoms with Gasteiger partial charge in [0.15, 0.2) is 0 Å². The van der Waals surface area contributed by atoms with E-state index in [0.717, 1.165) is 34.0 Å². The molecule has 0 fully saturated rings. The fourth-order valence-electron chi connectivity index (χ4n) is 2.35. The Labute approximate surface area is 131 Å². The van der Waals surface area contributed by atoms with Crippen molar-refractivity contribution in [2.24, 2.45) is 5.73 Å². The zero-order valence-electron chi connectivity index (χ0n) is 12.8. The largest absolute Gasteiger partial charge is 0.389 e. The Hall–Kier alpha value is -2.14. The third-order valence-corrected chi connectivity index (χ3v) is 3.43. The summed E-state index contributed by atoms with van der Waals surface area (Å²) in [6.45, 7) is 3.88. The molecule has 0 aliphatic carbocycles. The van der Waals surface area contributed by atoms with Crippen LogP contribution in [-0.2, 0) is 0 Å². The maximum Gasteiger partial charge on any atom is 0.107 e. The molecular weight excluding hydrogens is 280 g/mol. The Bertz CT molecular complexity index is 680. The van der Waals surface area contributed by atoms with Crippen LogP contribution in [0.15, 0.2) is 30.3 Å². The molecular formula is C16H20N4S. The van der Waals surface area contributed by atoms with Crippen LogP contribution in [0.1, 0.15) is 17.0 Å². The third-order valence-electron chi connectivity index (χ3n) is 3.23. The molecule has 0 spiro atoms. The van der Waals surface area contributed by atoms with Gasteiger partial charge < -0.3 is 16.0 Å². The van der Waals surface area contributed by atoms with Crippen molar-refractivity contribution in [3.05, 3.63) is 47.3 Å². The highest BCUT2D eigenvalue weighted by Crippen LogP contribution is 2.30. The highest BCUT2D eigenvalue weighted by Gasteiger charge is 2.13. The van der Waals surface area contributed by atoms with E-state index in [-0.39, 0.29) is 0 Å². The molecule has 0 saturated heterocycles. The average molecular weight is 300 g/mol. The molecule has 2 rings (SSSR count). The molecule has 1 heterocycles. The summed E-state index contributed by atoms with van der Waals surface area (Å²) in [7, 11) is 4.02. The maximum absolute atomic E-state index is 5.86. The van der Waals surface area contributed by atoms with Crippen LogP contribution >= 0.6 is 12.2 Å². The smallest absolute Gasteiger partial charge is 0.107 e. The van der Waals surface area contributed by atoms with E-state index >= 15 is 0 Å². The highest BCUT2D eigenvalue weighted by molar-refractivity contribution is 7.80. The van der Waals surface area contributed by atoms with Gasteiger partial charge in [-0.15, -0.1) is 0 Å². The van der Waals surface area contributed by atoms with Crippen LogP contribution in [0, 0.1) is 13.8 Å². The molecule has 0 radical (unpaired) electrons. The van der Waals surface area contributed by atoms with E-state index in [1.54, 1.807) is 0 Å². The zero-order chi connectivity index (χ0) is 15.6. The van der Waals surface area contributed by atoms with Gasteiger partial charge in [0.2, 0.25) is 0 Å². The lowest BCUT2D eigenvalue weighted by Gasteiger charge is -2.20. The second kappa shape index (κ2) is 6.10. The van der Waals surface area contributed by atoms with Crippen LogP contribution in [0.4, 0.5) is 17.1 Å². The van der Waals surface area contributed by atoms with Gasteiger partial charge in [-0.2, -0.15) is 0 Å². The van der Waals surface area contributed by atoms with Crippen LogP contribution in [0.2, 0.25) is 0 Å². The fraction of sp³-hybridized carbons (Fsp3) is 0.250. The molecule has 1 aromatic heterocycles. The Kier molecular flexibility index (Phi) is 4.43. The molecule has 3 N–H and O–H groups in total. The fourth-order valence-corrected chi connectivity index (χ4v) is 2.61. The number of nitrogens with two attached hydrogens (primary N) is 1. The van der Waals surface area contributed by atoms with Gasteiger partial charge in [-0.25, -0.2) is 0 Å². The van der Waals surface area contributed by atoms with Crippen molar-refractivity contribution in [2.75, 3.05) is 24.3 Å². The number of hydrogen-bond donors (Lipinski definition) is 2. The van der Waals surface area contributed by atoms with Crippen LogP contribution in [-0.4, -0.2) is 24.1 Å². The Morgan fingerprint density at radius 2 is 1.86 bits per heavy atom. The first-order chi connectivity index (χ1) is 9.90. The van der Waals surface area contributed by atoms with E-state index in [1.807, 2.05) is 52.2 Å². The van der Waals surface area contributed by atoms with Gasteiger partial charge in [0.1, 0.15) is 4.99 Å². The molecule has 1 aromatic carbocycles. The van der Waals surface area contributed by atoms with Gasteiger partial charge >= 0.3 is 0 Å². The normalized spacial score (nSPS) is 10.3. The van der Waals surface area contributed by atoms with Gasteiger partial charge in [-0.3, -0.25) is 4.98 Å². The summed E-state index contributed by atoms with van der Waals surface area (Å²) in [5.74, 6) is 0. The number of aromatic nitrogens is 1. The second-order valence-electron chi connectivity index (χ2n) is 5.17. The molecule has 0 saturated carbocycles. The number of anilines is 3. The molecule has 0 aliphatic heterocycles. The first kappa shape index (κ1) is 15.3. The van der Waals surface area contributed by atoms with Crippen molar-refractivity contribution >= 4 is 34.3 Å². The Morgan fingerprint density at radius 3 is 2.48 bits per heavy atom. The summed E-state index contributed by atoms with van der Waals surface area (Å²) in [5, 5.41) is 3.44. The molecule has 2 aromatic rings. The molecule has 5 heteroatoms. The van der Waals surface area contributed by atoms with Crippen LogP contribution in [0.3, 0.4) is 0 Å². The van der Waals surface area contributed by atoms with E-state index in [9.17, 15) is 0 Å². The Morgan fingerprint density at radius 1 is 1.19 bits per heavy atom. The van der Waals surface area contributed by atoms with E-state index in [2.05, 4.69) is 21.3 Å². The highest BCUT2D eigenvalue weighted by atomic mass is 32.1. The molecule has 110 valence electrons. The van der Waals surface area contributed by atoms with Crippen molar-refractivity contribution in [3.8, 4) is 0 Å². The predicted octanol–water partition coefficient (Wildman–Crippen LogP) is 3.14. The number of benzene rings is 1. The van der Waals surface area contributed by atoms with Gasteiger partial charge in [-0.05, 0) is 32.0 Å².